The Hall–Kier alpha value is -1.71. The maximum absolute atomic E-state index is 11.9. The van der Waals surface area contributed by atoms with Crippen molar-refractivity contribution in [1.29, 1.82) is 0 Å². The molecule has 0 bridgehead atoms. The fourth-order valence-electron chi connectivity index (χ4n) is 2.14. The molecule has 84 valence electrons. The minimum absolute atomic E-state index is 0.128. The van der Waals surface area contributed by atoms with Crippen molar-refractivity contribution in [3.63, 3.8) is 0 Å². The molecule has 0 unspecified atom stereocenters. The summed E-state index contributed by atoms with van der Waals surface area (Å²) in [7, 11) is 0. The van der Waals surface area contributed by atoms with Gasteiger partial charge in [-0.05, 0) is 25.0 Å². The van der Waals surface area contributed by atoms with E-state index in [-0.39, 0.29) is 11.7 Å². The zero-order valence-electron chi connectivity index (χ0n) is 8.98. The van der Waals surface area contributed by atoms with Gasteiger partial charge in [-0.2, -0.15) is 0 Å². The summed E-state index contributed by atoms with van der Waals surface area (Å²) in [6.45, 7) is 0.701. The molecule has 16 heavy (non-hydrogen) atoms. The number of para-hydroxylation sites is 2. The van der Waals surface area contributed by atoms with E-state index >= 15 is 0 Å². The van der Waals surface area contributed by atoms with Crippen molar-refractivity contribution in [1.82, 2.24) is 0 Å². The van der Waals surface area contributed by atoms with E-state index < -0.39 is 0 Å². The van der Waals surface area contributed by atoms with Crippen molar-refractivity contribution in [2.75, 3.05) is 17.2 Å². The number of anilines is 2. The molecule has 1 heterocycles. The van der Waals surface area contributed by atoms with E-state index in [0.717, 1.165) is 24.9 Å². The van der Waals surface area contributed by atoms with Crippen LogP contribution in [0.5, 0.6) is 0 Å². The normalized spacial score (nSPS) is 22.0. The van der Waals surface area contributed by atoms with Gasteiger partial charge >= 0.3 is 6.09 Å². The highest BCUT2D eigenvalue weighted by molar-refractivity contribution is 5.92. The number of nitrogens with zero attached hydrogens (tertiary/aromatic N) is 1. The molecule has 4 heteroatoms. The number of ether oxygens (including phenoxy) is 1. The first kappa shape index (κ1) is 9.51. The van der Waals surface area contributed by atoms with Crippen LogP contribution in [0, 0.1) is 0 Å². The van der Waals surface area contributed by atoms with Crippen LogP contribution >= 0.6 is 0 Å². The molecule has 0 aromatic heterocycles. The molecule has 1 saturated carbocycles. The summed E-state index contributed by atoms with van der Waals surface area (Å²) in [4.78, 5) is 13.5. The molecule has 1 aromatic carbocycles. The standard InChI is InChI=1S/C12H14N2O2/c13-9-3-1-2-4-10(9)14-8-7-12(5-6-12)16-11(14)15/h1-4H,5-8,13H2. The highest BCUT2D eigenvalue weighted by atomic mass is 16.6. The molecule has 4 nitrogen and oxygen atoms in total. The SMILES string of the molecule is Nc1ccccc1N1CCC2(CC2)OC1=O. The van der Waals surface area contributed by atoms with Gasteiger partial charge in [0.25, 0.3) is 0 Å². The lowest BCUT2D eigenvalue weighted by atomic mass is 10.1. The van der Waals surface area contributed by atoms with Crippen LogP contribution in [0.25, 0.3) is 0 Å². The van der Waals surface area contributed by atoms with Crippen molar-refractivity contribution in [3.05, 3.63) is 24.3 Å². The van der Waals surface area contributed by atoms with Gasteiger partial charge in [-0.25, -0.2) is 4.79 Å². The Bertz CT molecular complexity index is 440. The summed E-state index contributed by atoms with van der Waals surface area (Å²) < 4.78 is 5.44. The number of hydrogen-bond acceptors (Lipinski definition) is 3. The van der Waals surface area contributed by atoms with Crippen LogP contribution in [-0.2, 0) is 4.74 Å². The topological polar surface area (TPSA) is 55.6 Å². The zero-order chi connectivity index (χ0) is 11.2. The summed E-state index contributed by atoms with van der Waals surface area (Å²) in [5.74, 6) is 0. The maximum atomic E-state index is 11.9. The third kappa shape index (κ3) is 1.41. The molecule has 2 N–H and O–H groups in total. The van der Waals surface area contributed by atoms with Gasteiger partial charge in [0.05, 0.1) is 11.4 Å². The molecule has 3 rings (SSSR count). The number of amides is 1. The van der Waals surface area contributed by atoms with Crippen LogP contribution < -0.4 is 10.6 Å². The van der Waals surface area contributed by atoms with Crippen molar-refractivity contribution < 1.29 is 9.53 Å². The lowest BCUT2D eigenvalue weighted by molar-refractivity contribution is 0.0684. The minimum atomic E-state index is -0.262. The Kier molecular flexibility index (Phi) is 1.87. The Morgan fingerprint density at radius 3 is 2.62 bits per heavy atom. The molecule has 1 aliphatic heterocycles. The molecule has 2 aliphatic rings. The van der Waals surface area contributed by atoms with Crippen molar-refractivity contribution in [3.8, 4) is 0 Å². The van der Waals surface area contributed by atoms with Crippen LogP contribution in [0.15, 0.2) is 24.3 Å². The minimum Gasteiger partial charge on any atom is -0.442 e. The Morgan fingerprint density at radius 2 is 2.00 bits per heavy atom. The summed E-state index contributed by atoms with van der Waals surface area (Å²) >= 11 is 0. The Labute approximate surface area is 94.0 Å². The molecule has 0 radical (unpaired) electrons. The Balaban J connectivity index is 1.86. The van der Waals surface area contributed by atoms with E-state index in [0.29, 0.717) is 12.2 Å². The second-order valence-corrected chi connectivity index (χ2v) is 4.51. The van der Waals surface area contributed by atoms with Crippen LogP contribution in [0.1, 0.15) is 19.3 Å². The number of hydrogen-bond donors (Lipinski definition) is 1. The van der Waals surface area contributed by atoms with Crippen LogP contribution in [0.3, 0.4) is 0 Å². The quantitative estimate of drug-likeness (QED) is 0.735. The van der Waals surface area contributed by atoms with Crippen LogP contribution in [0.2, 0.25) is 0 Å². The zero-order valence-corrected chi connectivity index (χ0v) is 8.98. The van der Waals surface area contributed by atoms with Gasteiger partial charge in [0.2, 0.25) is 0 Å². The smallest absolute Gasteiger partial charge is 0.414 e. The summed E-state index contributed by atoms with van der Waals surface area (Å²) in [5, 5.41) is 0. The van der Waals surface area contributed by atoms with E-state index in [1.54, 1.807) is 11.0 Å². The average Bonchev–Trinajstić information content (AvgIpc) is 3.00. The molecular weight excluding hydrogens is 204 g/mol. The molecule has 1 spiro atoms. The van der Waals surface area contributed by atoms with Gasteiger partial charge in [0, 0.05) is 13.0 Å². The third-order valence-corrected chi connectivity index (χ3v) is 3.35. The van der Waals surface area contributed by atoms with Crippen LogP contribution in [-0.4, -0.2) is 18.2 Å². The van der Waals surface area contributed by atoms with Crippen molar-refractivity contribution >= 4 is 17.5 Å². The largest absolute Gasteiger partial charge is 0.442 e. The molecule has 1 saturated heterocycles. The summed E-state index contributed by atoms with van der Waals surface area (Å²) in [6, 6.07) is 7.38. The van der Waals surface area contributed by atoms with Gasteiger partial charge in [-0.15, -0.1) is 0 Å². The highest BCUT2D eigenvalue weighted by Crippen LogP contribution is 2.46. The number of rotatable bonds is 1. The molecule has 2 fully saturated rings. The fraction of sp³-hybridized carbons (Fsp3) is 0.417. The number of carbonyl (C=O) groups excluding carboxylic acids is 1. The molecule has 0 atom stereocenters. The number of nitrogen functional groups attached to an aromatic ring is 1. The first-order valence-electron chi connectivity index (χ1n) is 5.55. The molecule has 1 amide bonds. The average molecular weight is 218 g/mol. The van der Waals surface area contributed by atoms with E-state index in [9.17, 15) is 4.79 Å². The van der Waals surface area contributed by atoms with Crippen molar-refractivity contribution in [2.45, 2.75) is 24.9 Å². The van der Waals surface area contributed by atoms with Gasteiger partial charge in [-0.1, -0.05) is 12.1 Å². The second kappa shape index (κ2) is 3.14. The second-order valence-electron chi connectivity index (χ2n) is 4.51. The number of nitrogens with two attached hydrogens (primary N) is 1. The monoisotopic (exact) mass is 218 g/mol. The third-order valence-electron chi connectivity index (χ3n) is 3.35. The maximum Gasteiger partial charge on any atom is 0.414 e. The summed E-state index contributed by atoms with van der Waals surface area (Å²) in [5.41, 5.74) is 7.09. The predicted molar refractivity (Wildman–Crippen MR) is 61.3 cm³/mol. The molecular formula is C12H14N2O2. The number of carbonyl (C=O) groups is 1. The van der Waals surface area contributed by atoms with Gasteiger partial charge in [0.15, 0.2) is 0 Å². The van der Waals surface area contributed by atoms with Gasteiger partial charge in [0.1, 0.15) is 5.60 Å². The lowest BCUT2D eigenvalue weighted by Gasteiger charge is -2.32. The van der Waals surface area contributed by atoms with Crippen LogP contribution in [0.4, 0.5) is 16.2 Å². The van der Waals surface area contributed by atoms with E-state index in [4.69, 9.17) is 10.5 Å². The van der Waals surface area contributed by atoms with Crippen molar-refractivity contribution in [2.24, 2.45) is 0 Å². The fourth-order valence-corrected chi connectivity index (χ4v) is 2.14. The highest BCUT2D eigenvalue weighted by Gasteiger charge is 2.50. The molecule has 1 aliphatic carbocycles. The Morgan fingerprint density at radius 1 is 1.25 bits per heavy atom. The van der Waals surface area contributed by atoms with E-state index in [1.165, 1.54) is 0 Å². The van der Waals surface area contributed by atoms with E-state index in [2.05, 4.69) is 0 Å². The van der Waals surface area contributed by atoms with Gasteiger partial charge in [-0.3, -0.25) is 4.90 Å². The number of benzene rings is 1. The van der Waals surface area contributed by atoms with Gasteiger partial charge < -0.3 is 10.5 Å². The summed E-state index contributed by atoms with van der Waals surface area (Å²) in [6.07, 6.45) is 2.67. The lowest BCUT2D eigenvalue weighted by Crippen LogP contribution is -2.43. The van der Waals surface area contributed by atoms with E-state index in [1.807, 2.05) is 18.2 Å². The molecule has 1 aromatic rings. The first-order chi connectivity index (χ1) is 7.70. The predicted octanol–water partition coefficient (Wildman–Crippen LogP) is 2.15. The first-order valence-corrected chi connectivity index (χ1v) is 5.55.